The zero-order valence-electron chi connectivity index (χ0n) is 9.19. The molecule has 84 valence electrons. The second-order valence-corrected chi connectivity index (χ2v) is 3.47. The van der Waals surface area contributed by atoms with Gasteiger partial charge in [-0.2, -0.15) is 10.4 Å². The fraction of sp³-hybridized carbons (Fsp3) is 0.0833. The summed E-state index contributed by atoms with van der Waals surface area (Å²) < 4.78 is 0. The van der Waals surface area contributed by atoms with Gasteiger partial charge < -0.3 is 5.32 Å². The number of fused-ring (bicyclic) bond motifs is 1. The maximum absolute atomic E-state index is 11.3. The average molecular weight is 226 g/mol. The smallest absolute Gasteiger partial charge is 0.261 e. The predicted octanol–water partition coefficient (Wildman–Crippen LogP) is 1.22. The lowest BCUT2D eigenvalue weighted by molar-refractivity contribution is -0.116. The fourth-order valence-electron chi connectivity index (χ4n) is 1.50. The van der Waals surface area contributed by atoms with Crippen LogP contribution in [0.5, 0.6) is 0 Å². The lowest BCUT2D eigenvalue weighted by atomic mass is 10.1. The van der Waals surface area contributed by atoms with Crippen LogP contribution >= 0.6 is 0 Å². The van der Waals surface area contributed by atoms with E-state index in [1.54, 1.807) is 12.3 Å². The first-order chi connectivity index (χ1) is 8.24. The lowest BCUT2D eigenvalue weighted by Crippen LogP contribution is -2.19. The molecule has 2 N–H and O–H groups in total. The van der Waals surface area contributed by atoms with Gasteiger partial charge in [-0.05, 0) is 23.8 Å². The topological polar surface area (TPSA) is 81.6 Å². The molecule has 0 aliphatic rings. The Labute approximate surface area is 97.7 Å². The molecular weight excluding hydrogens is 216 g/mol. The number of nitrogens with one attached hydrogen (secondary N) is 2. The van der Waals surface area contributed by atoms with Gasteiger partial charge in [0.15, 0.2) is 0 Å². The zero-order valence-corrected chi connectivity index (χ0v) is 9.19. The van der Waals surface area contributed by atoms with Crippen LogP contribution in [0.15, 0.2) is 30.0 Å². The molecule has 0 aliphatic heterocycles. The molecule has 0 saturated carbocycles. The van der Waals surface area contributed by atoms with Crippen LogP contribution in [-0.4, -0.2) is 23.2 Å². The number of likely N-dealkylation sites (N-methyl/N-ethyl adjacent to an activating group) is 1. The van der Waals surface area contributed by atoms with E-state index in [0.717, 1.165) is 16.5 Å². The summed E-state index contributed by atoms with van der Waals surface area (Å²) in [6.45, 7) is 0. The van der Waals surface area contributed by atoms with Crippen LogP contribution in [0, 0.1) is 11.3 Å². The first-order valence-corrected chi connectivity index (χ1v) is 5.01. The van der Waals surface area contributed by atoms with E-state index in [-0.39, 0.29) is 11.5 Å². The SMILES string of the molecule is CNC(=O)/C(C#N)=C/c1ccc2[nH]ncc2c1. The number of hydrogen-bond donors (Lipinski definition) is 2. The van der Waals surface area contributed by atoms with E-state index < -0.39 is 0 Å². The molecule has 1 heterocycles. The number of rotatable bonds is 2. The van der Waals surface area contributed by atoms with Gasteiger partial charge in [-0.3, -0.25) is 9.89 Å². The van der Waals surface area contributed by atoms with E-state index in [9.17, 15) is 4.79 Å². The second-order valence-electron chi connectivity index (χ2n) is 3.47. The van der Waals surface area contributed by atoms with Gasteiger partial charge >= 0.3 is 0 Å². The van der Waals surface area contributed by atoms with Gasteiger partial charge in [-0.1, -0.05) is 6.07 Å². The van der Waals surface area contributed by atoms with Crippen molar-refractivity contribution in [1.29, 1.82) is 5.26 Å². The molecule has 0 bridgehead atoms. The number of aromatic nitrogens is 2. The Morgan fingerprint density at radius 1 is 1.59 bits per heavy atom. The van der Waals surface area contributed by atoms with E-state index in [2.05, 4.69) is 15.5 Å². The van der Waals surface area contributed by atoms with Crippen molar-refractivity contribution in [3.05, 3.63) is 35.5 Å². The second kappa shape index (κ2) is 4.49. The van der Waals surface area contributed by atoms with Gasteiger partial charge in [0.2, 0.25) is 0 Å². The Hall–Kier alpha value is -2.61. The summed E-state index contributed by atoms with van der Waals surface area (Å²) in [7, 11) is 1.49. The van der Waals surface area contributed by atoms with E-state index in [4.69, 9.17) is 5.26 Å². The molecule has 2 aromatic rings. The predicted molar refractivity (Wildman–Crippen MR) is 63.8 cm³/mol. The van der Waals surface area contributed by atoms with Gasteiger partial charge in [0.25, 0.3) is 5.91 Å². The largest absolute Gasteiger partial charge is 0.354 e. The van der Waals surface area contributed by atoms with E-state index in [1.807, 2.05) is 24.3 Å². The van der Waals surface area contributed by atoms with Crippen molar-refractivity contribution in [2.24, 2.45) is 0 Å². The van der Waals surface area contributed by atoms with Crippen LogP contribution in [0.2, 0.25) is 0 Å². The molecule has 5 heteroatoms. The third-order valence-electron chi connectivity index (χ3n) is 2.37. The van der Waals surface area contributed by atoms with Gasteiger partial charge in [-0.15, -0.1) is 0 Å². The number of amides is 1. The average Bonchev–Trinajstić information content (AvgIpc) is 2.82. The van der Waals surface area contributed by atoms with E-state index >= 15 is 0 Å². The maximum atomic E-state index is 11.3. The van der Waals surface area contributed by atoms with Crippen molar-refractivity contribution >= 4 is 22.9 Å². The first-order valence-electron chi connectivity index (χ1n) is 5.01. The monoisotopic (exact) mass is 226 g/mol. The highest BCUT2D eigenvalue weighted by Gasteiger charge is 2.06. The van der Waals surface area contributed by atoms with Gasteiger partial charge in [0.05, 0.1) is 11.7 Å². The Balaban J connectivity index is 2.43. The number of benzene rings is 1. The highest BCUT2D eigenvalue weighted by atomic mass is 16.1. The third-order valence-corrected chi connectivity index (χ3v) is 2.37. The number of carbonyl (C=O) groups is 1. The minimum absolute atomic E-state index is 0.0790. The summed E-state index contributed by atoms with van der Waals surface area (Å²) in [5, 5.41) is 19.0. The maximum Gasteiger partial charge on any atom is 0.261 e. The van der Waals surface area contributed by atoms with Gasteiger partial charge in [0, 0.05) is 12.4 Å². The number of nitriles is 1. The Bertz CT molecular complexity index is 633. The van der Waals surface area contributed by atoms with Gasteiger partial charge in [0.1, 0.15) is 11.6 Å². The summed E-state index contributed by atoms with van der Waals surface area (Å²) in [5.74, 6) is -0.389. The number of aromatic amines is 1. The molecule has 0 saturated heterocycles. The highest BCUT2D eigenvalue weighted by Crippen LogP contribution is 2.15. The van der Waals surface area contributed by atoms with Crippen LogP contribution in [0.1, 0.15) is 5.56 Å². The van der Waals surface area contributed by atoms with Crippen LogP contribution in [-0.2, 0) is 4.79 Å². The standard InChI is InChI=1S/C12H10N4O/c1-14-12(17)9(6-13)4-8-2-3-11-10(5-8)7-15-16-11/h2-5,7H,1H3,(H,14,17)(H,15,16)/b9-4+. The van der Waals surface area contributed by atoms with E-state index in [0.29, 0.717) is 0 Å². The zero-order chi connectivity index (χ0) is 12.3. The molecule has 0 unspecified atom stereocenters. The van der Waals surface area contributed by atoms with Crippen molar-refractivity contribution in [2.45, 2.75) is 0 Å². The molecular formula is C12H10N4O. The molecule has 1 aromatic carbocycles. The number of nitrogens with zero attached hydrogens (tertiary/aromatic N) is 2. The molecule has 17 heavy (non-hydrogen) atoms. The Morgan fingerprint density at radius 2 is 2.41 bits per heavy atom. The van der Waals surface area contributed by atoms with Crippen molar-refractivity contribution in [2.75, 3.05) is 7.05 Å². The number of H-pyrrole nitrogens is 1. The quantitative estimate of drug-likeness (QED) is 0.596. The van der Waals surface area contributed by atoms with Crippen LogP contribution in [0.25, 0.3) is 17.0 Å². The van der Waals surface area contributed by atoms with Crippen LogP contribution < -0.4 is 5.32 Å². The molecule has 1 amide bonds. The molecule has 0 radical (unpaired) electrons. The summed E-state index contributed by atoms with van der Waals surface area (Å²) in [5.41, 5.74) is 1.79. The summed E-state index contributed by atoms with van der Waals surface area (Å²) >= 11 is 0. The fourth-order valence-corrected chi connectivity index (χ4v) is 1.50. The first kappa shape index (κ1) is 10.9. The van der Waals surface area contributed by atoms with Crippen molar-refractivity contribution < 1.29 is 4.79 Å². The van der Waals surface area contributed by atoms with Gasteiger partial charge in [-0.25, -0.2) is 0 Å². The Morgan fingerprint density at radius 3 is 3.12 bits per heavy atom. The molecule has 2 rings (SSSR count). The summed E-state index contributed by atoms with van der Waals surface area (Å²) in [6.07, 6.45) is 3.24. The molecule has 0 spiro atoms. The molecule has 0 fully saturated rings. The summed E-state index contributed by atoms with van der Waals surface area (Å²) in [6, 6.07) is 7.40. The molecule has 0 aliphatic carbocycles. The van der Waals surface area contributed by atoms with E-state index in [1.165, 1.54) is 7.05 Å². The molecule has 0 atom stereocenters. The van der Waals surface area contributed by atoms with Crippen molar-refractivity contribution in [3.63, 3.8) is 0 Å². The van der Waals surface area contributed by atoms with Crippen LogP contribution in [0.3, 0.4) is 0 Å². The number of carbonyl (C=O) groups excluding carboxylic acids is 1. The normalized spacial score (nSPS) is 11.2. The van der Waals surface area contributed by atoms with Crippen molar-refractivity contribution in [3.8, 4) is 6.07 Å². The summed E-state index contributed by atoms with van der Waals surface area (Å²) in [4.78, 5) is 11.3. The van der Waals surface area contributed by atoms with Crippen molar-refractivity contribution in [1.82, 2.24) is 15.5 Å². The minimum Gasteiger partial charge on any atom is -0.354 e. The Kier molecular flexibility index (Phi) is 2.88. The minimum atomic E-state index is -0.389. The van der Waals surface area contributed by atoms with Crippen LogP contribution in [0.4, 0.5) is 0 Å². The molecule has 1 aromatic heterocycles. The third kappa shape index (κ3) is 2.16. The number of hydrogen-bond acceptors (Lipinski definition) is 3. The lowest BCUT2D eigenvalue weighted by Gasteiger charge is -1.97. The highest BCUT2D eigenvalue weighted by molar-refractivity contribution is 6.01. The molecule has 5 nitrogen and oxygen atoms in total.